The zero-order valence-electron chi connectivity index (χ0n) is 15.4. The first-order chi connectivity index (χ1) is 12.6. The number of Topliss-reactive ketones (excluding diaryl/α,β-unsaturated/α-hetero) is 1. The molecule has 0 saturated heterocycles. The van der Waals surface area contributed by atoms with Crippen LogP contribution < -0.4 is 5.32 Å². The molecule has 0 atom stereocenters. The number of ether oxygens (including phenoxy) is 1. The minimum absolute atomic E-state index is 0.0148. The number of hydrogen-bond acceptors (Lipinski definition) is 6. The summed E-state index contributed by atoms with van der Waals surface area (Å²) in [5.41, 5.74) is 0.940. The van der Waals surface area contributed by atoms with E-state index in [4.69, 9.17) is 20.9 Å². The molecule has 8 heteroatoms. The van der Waals surface area contributed by atoms with Crippen molar-refractivity contribution in [3.8, 4) is 0 Å². The number of anilines is 1. The lowest BCUT2D eigenvalue weighted by molar-refractivity contribution is -0.147. The van der Waals surface area contributed by atoms with Crippen molar-refractivity contribution in [2.24, 2.45) is 0 Å². The van der Waals surface area contributed by atoms with Gasteiger partial charge in [-0.05, 0) is 24.3 Å². The van der Waals surface area contributed by atoms with Crippen LogP contribution in [0.3, 0.4) is 0 Å². The van der Waals surface area contributed by atoms with Gasteiger partial charge in [-0.15, -0.1) is 0 Å². The van der Waals surface area contributed by atoms with E-state index in [1.165, 1.54) is 0 Å². The second-order valence-corrected chi connectivity index (χ2v) is 7.40. The molecule has 27 heavy (non-hydrogen) atoms. The molecule has 0 radical (unpaired) electrons. The number of esters is 1. The summed E-state index contributed by atoms with van der Waals surface area (Å²) >= 11 is 5.76. The van der Waals surface area contributed by atoms with Crippen LogP contribution in [0.2, 0.25) is 5.02 Å². The molecule has 0 aliphatic carbocycles. The minimum atomic E-state index is -0.639. The molecular formula is C19H21ClN2O5. The van der Waals surface area contributed by atoms with Crippen molar-refractivity contribution in [1.29, 1.82) is 0 Å². The molecule has 0 aliphatic rings. The van der Waals surface area contributed by atoms with Crippen LogP contribution in [0.5, 0.6) is 0 Å². The Hall–Kier alpha value is -2.67. The molecule has 1 amide bonds. The van der Waals surface area contributed by atoms with Gasteiger partial charge in [0.1, 0.15) is 0 Å². The number of carbonyl (C=O) groups excluding carboxylic acids is 3. The topological polar surface area (TPSA) is 98.5 Å². The number of nitrogens with zero attached hydrogens (tertiary/aromatic N) is 1. The van der Waals surface area contributed by atoms with Crippen LogP contribution in [0.25, 0.3) is 0 Å². The fourth-order valence-corrected chi connectivity index (χ4v) is 2.20. The molecule has 0 unspecified atom stereocenters. The summed E-state index contributed by atoms with van der Waals surface area (Å²) in [6, 6.07) is 8.00. The number of rotatable bonds is 7. The van der Waals surface area contributed by atoms with Crippen LogP contribution in [-0.4, -0.2) is 29.4 Å². The summed E-state index contributed by atoms with van der Waals surface area (Å²) in [4.78, 5) is 35.5. The van der Waals surface area contributed by atoms with Crippen molar-refractivity contribution in [3.63, 3.8) is 0 Å². The van der Waals surface area contributed by atoms with E-state index >= 15 is 0 Å². The van der Waals surface area contributed by atoms with Gasteiger partial charge in [0.15, 0.2) is 12.4 Å². The Bertz CT molecular complexity index is 821. The number of benzene rings is 1. The molecule has 0 spiro atoms. The van der Waals surface area contributed by atoms with Crippen LogP contribution in [-0.2, 0) is 19.7 Å². The zero-order valence-corrected chi connectivity index (χ0v) is 16.1. The maximum Gasteiger partial charge on any atom is 0.306 e. The number of aromatic nitrogens is 1. The lowest BCUT2D eigenvalue weighted by Crippen LogP contribution is -2.21. The molecule has 7 nitrogen and oxygen atoms in total. The van der Waals surface area contributed by atoms with Gasteiger partial charge in [0.2, 0.25) is 5.88 Å². The lowest BCUT2D eigenvalue weighted by atomic mass is 9.92. The van der Waals surface area contributed by atoms with Crippen molar-refractivity contribution in [2.45, 2.75) is 39.0 Å². The number of hydrogen-bond donors (Lipinski definition) is 1. The Morgan fingerprint density at radius 3 is 2.41 bits per heavy atom. The van der Waals surface area contributed by atoms with Gasteiger partial charge in [0, 0.05) is 28.5 Å². The van der Waals surface area contributed by atoms with Crippen LogP contribution in [0.1, 0.15) is 49.7 Å². The van der Waals surface area contributed by atoms with Crippen LogP contribution in [0.15, 0.2) is 34.9 Å². The molecule has 1 aromatic carbocycles. The van der Waals surface area contributed by atoms with Crippen LogP contribution in [0, 0.1) is 0 Å². The summed E-state index contributed by atoms with van der Waals surface area (Å²) < 4.78 is 9.90. The molecule has 1 N–H and O–H groups in total. The van der Waals surface area contributed by atoms with E-state index in [1.54, 1.807) is 30.3 Å². The second kappa shape index (κ2) is 8.81. The molecule has 1 aromatic heterocycles. The third-order valence-electron chi connectivity index (χ3n) is 3.63. The molecule has 0 aliphatic heterocycles. The van der Waals surface area contributed by atoms with Crippen molar-refractivity contribution in [3.05, 3.63) is 46.6 Å². The summed E-state index contributed by atoms with van der Waals surface area (Å²) in [5, 5.41) is 6.86. The maximum absolute atomic E-state index is 12.0. The van der Waals surface area contributed by atoms with Gasteiger partial charge in [-0.3, -0.25) is 19.7 Å². The van der Waals surface area contributed by atoms with Crippen LogP contribution >= 0.6 is 11.6 Å². The van der Waals surface area contributed by atoms with E-state index in [1.807, 2.05) is 20.8 Å². The Balaban J connectivity index is 1.73. The van der Waals surface area contributed by atoms with Gasteiger partial charge in [-0.2, -0.15) is 0 Å². The summed E-state index contributed by atoms with van der Waals surface area (Å²) in [6.45, 7) is 5.41. The molecule has 1 heterocycles. The summed E-state index contributed by atoms with van der Waals surface area (Å²) in [5.74, 6) is -1.22. The number of ketones is 1. The van der Waals surface area contributed by atoms with E-state index in [-0.39, 0.29) is 29.9 Å². The van der Waals surface area contributed by atoms with E-state index in [2.05, 4.69) is 10.5 Å². The molecule has 0 fully saturated rings. The fourth-order valence-electron chi connectivity index (χ4n) is 2.07. The largest absolute Gasteiger partial charge is 0.456 e. The van der Waals surface area contributed by atoms with Gasteiger partial charge in [-0.25, -0.2) is 0 Å². The summed E-state index contributed by atoms with van der Waals surface area (Å²) in [6.07, 6.45) is -0.135. The molecule has 144 valence electrons. The maximum atomic E-state index is 12.0. The van der Waals surface area contributed by atoms with Crippen molar-refractivity contribution >= 4 is 35.1 Å². The highest BCUT2D eigenvalue weighted by Crippen LogP contribution is 2.23. The average Bonchev–Trinajstić information content (AvgIpc) is 3.07. The normalized spacial score (nSPS) is 11.1. The van der Waals surface area contributed by atoms with E-state index in [0.717, 1.165) is 0 Å². The first-order valence-electron chi connectivity index (χ1n) is 8.36. The summed E-state index contributed by atoms with van der Waals surface area (Å²) in [7, 11) is 0. The zero-order chi connectivity index (χ0) is 20.0. The van der Waals surface area contributed by atoms with E-state index < -0.39 is 18.5 Å². The Labute approximate surface area is 162 Å². The quantitative estimate of drug-likeness (QED) is 0.568. The van der Waals surface area contributed by atoms with Crippen molar-refractivity contribution in [2.75, 3.05) is 11.9 Å². The van der Waals surface area contributed by atoms with Crippen molar-refractivity contribution in [1.82, 2.24) is 5.16 Å². The Morgan fingerprint density at radius 1 is 1.15 bits per heavy atom. The van der Waals surface area contributed by atoms with Gasteiger partial charge >= 0.3 is 5.97 Å². The Morgan fingerprint density at radius 2 is 1.81 bits per heavy atom. The third-order valence-corrected chi connectivity index (χ3v) is 3.88. The molecular weight excluding hydrogens is 372 g/mol. The van der Waals surface area contributed by atoms with Gasteiger partial charge in [0.25, 0.3) is 5.91 Å². The monoisotopic (exact) mass is 392 g/mol. The van der Waals surface area contributed by atoms with Gasteiger partial charge in [-0.1, -0.05) is 37.5 Å². The highest BCUT2D eigenvalue weighted by molar-refractivity contribution is 6.30. The van der Waals surface area contributed by atoms with E-state index in [0.29, 0.717) is 16.3 Å². The number of nitrogens with one attached hydrogen (secondary N) is 1. The van der Waals surface area contributed by atoms with Crippen LogP contribution in [0.4, 0.5) is 5.88 Å². The first-order valence-corrected chi connectivity index (χ1v) is 8.74. The average molecular weight is 393 g/mol. The minimum Gasteiger partial charge on any atom is -0.456 e. The predicted octanol–water partition coefficient (Wildman–Crippen LogP) is 3.77. The number of carbonyl (C=O) groups is 3. The highest BCUT2D eigenvalue weighted by atomic mass is 35.5. The van der Waals surface area contributed by atoms with Gasteiger partial charge in [0.05, 0.1) is 12.1 Å². The molecule has 0 saturated carbocycles. The fraction of sp³-hybridized carbons (Fsp3) is 0.368. The van der Waals surface area contributed by atoms with E-state index in [9.17, 15) is 14.4 Å². The third kappa shape index (κ3) is 6.53. The SMILES string of the molecule is CC(C)(C)c1cc(NC(=O)COC(=O)CCC(=O)c2ccc(Cl)cc2)on1. The number of halogens is 1. The van der Waals surface area contributed by atoms with Crippen molar-refractivity contribution < 1.29 is 23.6 Å². The smallest absolute Gasteiger partial charge is 0.306 e. The molecule has 2 rings (SSSR count). The predicted molar refractivity (Wildman–Crippen MR) is 99.8 cm³/mol. The number of amides is 1. The second-order valence-electron chi connectivity index (χ2n) is 6.97. The standard InChI is InChI=1S/C19H21ClN2O5/c1-19(2,3)15-10-17(27-22-15)21-16(24)11-26-18(25)9-8-14(23)12-4-6-13(20)7-5-12/h4-7,10H,8-9,11H2,1-3H3,(H,21,24). The molecule has 0 bridgehead atoms. The lowest BCUT2D eigenvalue weighted by Gasteiger charge is -2.12. The van der Waals surface area contributed by atoms with Gasteiger partial charge < -0.3 is 9.26 Å². The highest BCUT2D eigenvalue weighted by Gasteiger charge is 2.20. The Kier molecular flexibility index (Phi) is 6.74. The molecule has 2 aromatic rings. The first kappa shape index (κ1) is 20.6.